The predicted molar refractivity (Wildman–Crippen MR) is 78.1 cm³/mol. The van der Waals surface area contributed by atoms with Crippen LogP contribution >= 0.6 is 0 Å². The number of hydrogen-bond donors (Lipinski definition) is 2. The lowest BCUT2D eigenvalue weighted by Gasteiger charge is -2.11. The quantitative estimate of drug-likeness (QED) is 0.879. The van der Waals surface area contributed by atoms with Crippen LogP contribution in [0.2, 0.25) is 0 Å². The van der Waals surface area contributed by atoms with Gasteiger partial charge in [-0.3, -0.25) is 4.79 Å². The maximum absolute atomic E-state index is 12.2. The van der Waals surface area contributed by atoms with E-state index in [1.165, 1.54) is 6.07 Å². The Bertz CT molecular complexity index is 596. The van der Waals surface area contributed by atoms with Crippen LogP contribution in [0.4, 0.5) is 5.69 Å². The molecule has 20 heavy (non-hydrogen) atoms. The summed E-state index contributed by atoms with van der Waals surface area (Å²) >= 11 is 0. The van der Waals surface area contributed by atoms with E-state index in [-0.39, 0.29) is 17.2 Å². The zero-order valence-electron chi connectivity index (χ0n) is 11.3. The van der Waals surface area contributed by atoms with Crippen molar-refractivity contribution in [2.45, 2.75) is 6.42 Å². The van der Waals surface area contributed by atoms with Gasteiger partial charge in [-0.1, -0.05) is 30.3 Å². The average molecular weight is 271 g/mol. The van der Waals surface area contributed by atoms with Gasteiger partial charge >= 0.3 is 0 Å². The van der Waals surface area contributed by atoms with Crippen LogP contribution in [0.25, 0.3) is 0 Å². The second-order valence-electron chi connectivity index (χ2n) is 4.37. The van der Waals surface area contributed by atoms with E-state index < -0.39 is 0 Å². The predicted octanol–water partition coefficient (Wildman–Crippen LogP) is 2.83. The second-order valence-corrected chi connectivity index (χ2v) is 4.37. The maximum atomic E-state index is 12.2. The molecule has 2 aromatic carbocycles. The van der Waals surface area contributed by atoms with E-state index in [0.29, 0.717) is 13.0 Å². The third-order valence-corrected chi connectivity index (χ3v) is 2.99. The minimum Gasteiger partial charge on any atom is -0.507 e. The number of methoxy groups -OCH3 is 1. The zero-order chi connectivity index (χ0) is 14.4. The number of hydrogen-bond acceptors (Lipinski definition) is 3. The molecule has 0 spiro atoms. The van der Waals surface area contributed by atoms with E-state index in [2.05, 4.69) is 5.32 Å². The molecule has 2 rings (SSSR count). The number of amides is 1. The van der Waals surface area contributed by atoms with Crippen LogP contribution in [0.5, 0.6) is 5.75 Å². The molecule has 0 aliphatic rings. The first-order chi connectivity index (χ1) is 9.72. The third-order valence-electron chi connectivity index (χ3n) is 2.99. The molecule has 0 atom stereocenters. The topological polar surface area (TPSA) is 58.6 Å². The number of carbonyl (C=O) groups excluding carboxylic acids is 1. The highest BCUT2D eigenvalue weighted by molar-refractivity contribution is 6.06. The minimum absolute atomic E-state index is 0.0284. The number of nitrogens with one attached hydrogen (secondary N) is 1. The van der Waals surface area contributed by atoms with Gasteiger partial charge in [0.15, 0.2) is 0 Å². The van der Waals surface area contributed by atoms with Crippen LogP contribution in [-0.2, 0) is 11.2 Å². The summed E-state index contributed by atoms with van der Waals surface area (Å²) in [7, 11) is 1.64. The third kappa shape index (κ3) is 3.36. The van der Waals surface area contributed by atoms with Gasteiger partial charge in [0.2, 0.25) is 0 Å². The average Bonchev–Trinajstić information content (AvgIpc) is 2.46. The Balaban J connectivity index is 2.18. The summed E-state index contributed by atoms with van der Waals surface area (Å²) in [4.78, 5) is 12.2. The number of anilines is 1. The van der Waals surface area contributed by atoms with Crippen molar-refractivity contribution in [1.29, 1.82) is 0 Å². The molecule has 0 bridgehead atoms. The van der Waals surface area contributed by atoms with E-state index in [1.807, 2.05) is 24.3 Å². The first kappa shape index (κ1) is 14.1. The van der Waals surface area contributed by atoms with E-state index >= 15 is 0 Å². The van der Waals surface area contributed by atoms with Crippen molar-refractivity contribution in [2.24, 2.45) is 0 Å². The summed E-state index contributed by atoms with van der Waals surface area (Å²) < 4.78 is 5.06. The van der Waals surface area contributed by atoms with E-state index in [4.69, 9.17) is 4.74 Å². The molecule has 0 heterocycles. The van der Waals surface area contributed by atoms with Gasteiger partial charge in [0.05, 0.1) is 12.2 Å². The fraction of sp³-hybridized carbons (Fsp3) is 0.188. The van der Waals surface area contributed by atoms with Crippen LogP contribution in [0.1, 0.15) is 15.9 Å². The summed E-state index contributed by atoms with van der Waals surface area (Å²) in [5.41, 5.74) is 1.99. The first-order valence-electron chi connectivity index (χ1n) is 6.38. The maximum Gasteiger partial charge on any atom is 0.259 e. The van der Waals surface area contributed by atoms with Gasteiger partial charge in [-0.05, 0) is 30.2 Å². The molecule has 0 aliphatic heterocycles. The Kier molecular flexibility index (Phi) is 4.74. The largest absolute Gasteiger partial charge is 0.507 e. The molecule has 0 aromatic heterocycles. The number of para-hydroxylation sites is 2. The van der Waals surface area contributed by atoms with Crippen molar-refractivity contribution >= 4 is 11.6 Å². The van der Waals surface area contributed by atoms with Crippen molar-refractivity contribution < 1.29 is 14.6 Å². The number of ether oxygens (including phenoxy) is 1. The summed E-state index contributed by atoms with van der Waals surface area (Å²) in [6.45, 7) is 0.587. The Morgan fingerprint density at radius 2 is 1.85 bits per heavy atom. The number of aromatic hydroxyl groups is 1. The van der Waals surface area contributed by atoms with E-state index in [1.54, 1.807) is 25.3 Å². The lowest BCUT2D eigenvalue weighted by atomic mass is 10.1. The fourth-order valence-corrected chi connectivity index (χ4v) is 1.93. The van der Waals surface area contributed by atoms with Gasteiger partial charge in [-0.2, -0.15) is 0 Å². The molecule has 0 saturated carbocycles. The minimum atomic E-state index is -0.326. The molecule has 0 saturated heterocycles. The number of phenols is 1. The molecule has 0 radical (unpaired) electrons. The van der Waals surface area contributed by atoms with Gasteiger partial charge in [0.25, 0.3) is 5.91 Å². The number of carbonyl (C=O) groups is 1. The van der Waals surface area contributed by atoms with Gasteiger partial charge in [0.1, 0.15) is 5.75 Å². The standard InChI is InChI=1S/C16H17NO3/c1-20-11-10-12-6-2-4-8-14(12)17-16(19)13-7-3-5-9-15(13)18/h2-9,18H,10-11H2,1H3,(H,17,19). The van der Waals surface area contributed by atoms with Crippen LogP contribution < -0.4 is 5.32 Å². The van der Waals surface area contributed by atoms with Crippen molar-refractivity contribution in [1.82, 2.24) is 0 Å². The first-order valence-corrected chi connectivity index (χ1v) is 6.38. The van der Waals surface area contributed by atoms with Crippen LogP contribution in [0.15, 0.2) is 48.5 Å². The number of benzene rings is 2. The lowest BCUT2D eigenvalue weighted by molar-refractivity contribution is 0.102. The second kappa shape index (κ2) is 6.73. The highest BCUT2D eigenvalue weighted by atomic mass is 16.5. The van der Waals surface area contributed by atoms with Crippen molar-refractivity contribution in [2.75, 3.05) is 19.0 Å². The van der Waals surface area contributed by atoms with Crippen molar-refractivity contribution in [3.63, 3.8) is 0 Å². The number of phenolic OH excluding ortho intramolecular Hbond substituents is 1. The molecule has 0 unspecified atom stereocenters. The SMILES string of the molecule is COCCc1ccccc1NC(=O)c1ccccc1O. The van der Waals surface area contributed by atoms with Gasteiger partial charge in [-0.15, -0.1) is 0 Å². The molecular weight excluding hydrogens is 254 g/mol. The molecule has 0 aliphatic carbocycles. The van der Waals surface area contributed by atoms with Crippen LogP contribution in [0.3, 0.4) is 0 Å². The van der Waals surface area contributed by atoms with Crippen molar-refractivity contribution in [3.8, 4) is 5.75 Å². The highest BCUT2D eigenvalue weighted by Crippen LogP contribution is 2.20. The monoisotopic (exact) mass is 271 g/mol. The lowest BCUT2D eigenvalue weighted by Crippen LogP contribution is -2.13. The Morgan fingerprint density at radius 1 is 1.15 bits per heavy atom. The smallest absolute Gasteiger partial charge is 0.259 e. The van der Waals surface area contributed by atoms with Gasteiger partial charge in [-0.25, -0.2) is 0 Å². The van der Waals surface area contributed by atoms with Gasteiger partial charge < -0.3 is 15.2 Å². The molecule has 4 heteroatoms. The summed E-state index contributed by atoms with van der Waals surface area (Å²) in [5.74, 6) is -0.354. The fourth-order valence-electron chi connectivity index (χ4n) is 1.93. The Morgan fingerprint density at radius 3 is 2.60 bits per heavy atom. The zero-order valence-corrected chi connectivity index (χ0v) is 11.3. The Hall–Kier alpha value is -2.33. The normalized spacial score (nSPS) is 10.2. The molecule has 4 nitrogen and oxygen atoms in total. The van der Waals surface area contributed by atoms with Crippen LogP contribution in [0, 0.1) is 0 Å². The summed E-state index contributed by atoms with van der Waals surface area (Å²) in [5, 5.41) is 12.5. The molecule has 1 amide bonds. The number of rotatable bonds is 5. The molecule has 104 valence electrons. The molecule has 0 fully saturated rings. The van der Waals surface area contributed by atoms with E-state index in [0.717, 1.165) is 11.3 Å². The molecular formula is C16H17NO3. The van der Waals surface area contributed by atoms with E-state index in [9.17, 15) is 9.90 Å². The molecule has 2 N–H and O–H groups in total. The summed E-state index contributed by atoms with van der Waals surface area (Å²) in [6, 6.07) is 14.0. The summed E-state index contributed by atoms with van der Waals surface area (Å²) in [6.07, 6.45) is 0.716. The van der Waals surface area contributed by atoms with Crippen molar-refractivity contribution in [3.05, 3.63) is 59.7 Å². The van der Waals surface area contributed by atoms with Crippen LogP contribution in [-0.4, -0.2) is 24.7 Å². The van der Waals surface area contributed by atoms with Gasteiger partial charge in [0, 0.05) is 12.8 Å². The highest BCUT2D eigenvalue weighted by Gasteiger charge is 2.12. The molecule has 2 aromatic rings. The Labute approximate surface area is 118 Å².